The summed E-state index contributed by atoms with van der Waals surface area (Å²) in [7, 11) is 0. The molecule has 0 aliphatic rings. The molecule has 1 aromatic heterocycles. The predicted octanol–water partition coefficient (Wildman–Crippen LogP) is 1.27. The fraction of sp³-hybridized carbons (Fsp3) is 0.500. The molecular formula is C10H16N2OS. The van der Waals surface area contributed by atoms with Crippen molar-refractivity contribution in [2.45, 2.75) is 24.0 Å². The number of pyridine rings is 1. The molecule has 0 amide bonds. The van der Waals surface area contributed by atoms with E-state index in [-0.39, 0.29) is 0 Å². The minimum absolute atomic E-state index is 0.301. The lowest BCUT2D eigenvalue weighted by Crippen LogP contribution is -2.34. The number of hydrogen-bond acceptors (Lipinski definition) is 4. The molecule has 3 N–H and O–H groups in total. The van der Waals surface area contributed by atoms with E-state index in [1.54, 1.807) is 24.9 Å². The molecule has 14 heavy (non-hydrogen) atoms. The summed E-state index contributed by atoms with van der Waals surface area (Å²) in [4.78, 5) is 4.17. The van der Waals surface area contributed by atoms with E-state index in [1.807, 2.05) is 18.2 Å². The van der Waals surface area contributed by atoms with Crippen LogP contribution in [0.1, 0.15) is 13.3 Å². The van der Waals surface area contributed by atoms with Gasteiger partial charge in [-0.05, 0) is 25.5 Å². The Hall–Kier alpha value is -0.580. The average Bonchev–Trinajstić information content (AvgIpc) is 2.19. The molecule has 78 valence electrons. The zero-order valence-corrected chi connectivity index (χ0v) is 9.13. The van der Waals surface area contributed by atoms with Crippen LogP contribution in [0.5, 0.6) is 0 Å². The van der Waals surface area contributed by atoms with Crippen LogP contribution in [0, 0.1) is 0 Å². The van der Waals surface area contributed by atoms with Crippen molar-refractivity contribution >= 4 is 11.8 Å². The Morgan fingerprint density at radius 3 is 2.93 bits per heavy atom. The number of hydrogen-bond donors (Lipinski definition) is 2. The maximum absolute atomic E-state index is 9.64. The van der Waals surface area contributed by atoms with Crippen molar-refractivity contribution in [3.8, 4) is 0 Å². The lowest BCUT2D eigenvalue weighted by Gasteiger charge is -2.20. The third-order valence-corrected chi connectivity index (χ3v) is 2.91. The maximum atomic E-state index is 9.64. The van der Waals surface area contributed by atoms with Crippen LogP contribution >= 0.6 is 11.8 Å². The highest BCUT2D eigenvalue weighted by atomic mass is 32.2. The molecule has 0 aromatic carbocycles. The zero-order valence-electron chi connectivity index (χ0n) is 8.31. The molecule has 0 saturated carbocycles. The third kappa shape index (κ3) is 4.09. The fourth-order valence-corrected chi connectivity index (χ4v) is 1.97. The Bertz CT molecular complexity index is 264. The van der Waals surface area contributed by atoms with Crippen LogP contribution < -0.4 is 5.73 Å². The molecule has 1 aromatic rings. The van der Waals surface area contributed by atoms with Crippen LogP contribution in [0.4, 0.5) is 0 Å². The van der Waals surface area contributed by atoms with Crippen molar-refractivity contribution in [3.05, 3.63) is 24.4 Å². The Balaban J connectivity index is 2.29. The Morgan fingerprint density at radius 2 is 2.36 bits per heavy atom. The van der Waals surface area contributed by atoms with Gasteiger partial charge in [-0.25, -0.2) is 4.98 Å². The minimum atomic E-state index is -0.748. The second kappa shape index (κ2) is 5.34. The van der Waals surface area contributed by atoms with Gasteiger partial charge in [0, 0.05) is 18.5 Å². The van der Waals surface area contributed by atoms with Crippen LogP contribution in [-0.2, 0) is 0 Å². The highest BCUT2D eigenvalue weighted by molar-refractivity contribution is 7.99. The topological polar surface area (TPSA) is 59.1 Å². The Labute approximate surface area is 88.7 Å². The van der Waals surface area contributed by atoms with Gasteiger partial charge >= 0.3 is 0 Å². The summed E-state index contributed by atoms with van der Waals surface area (Å²) in [5.41, 5.74) is 4.66. The molecule has 0 fully saturated rings. The van der Waals surface area contributed by atoms with Gasteiger partial charge in [-0.1, -0.05) is 6.07 Å². The molecule has 0 bridgehead atoms. The van der Waals surface area contributed by atoms with E-state index in [4.69, 9.17) is 5.73 Å². The number of aromatic nitrogens is 1. The second-order valence-electron chi connectivity index (χ2n) is 3.47. The molecule has 4 heteroatoms. The number of aliphatic hydroxyl groups is 1. The molecule has 0 radical (unpaired) electrons. The van der Waals surface area contributed by atoms with Gasteiger partial charge in [-0.2, -0.15) is 0 Å². The van der Waals surface area contributed by atoms with E-state index in [0.29, 0.717) is 13.0 Å². The standard InChI is InChI=1S/C10H16N2OS/c1-10(13,8-11)5-7-14-9-4-2-3-6-12-9/h2-4,6,13H,5,7-8,11H2,1H3. The van der Waals surface area contributed by atoms with Crippen molar-refractivity contribution in [1.82, 2.24) is 4.98 Å². The van der Waals surface area contributed by atoms with Gasteiger partial charge in [0.2, 0.25) is 0 Å². The molecule has 3 nitrogen and oxygen atoms in total. The Morgan fingerprint density at radius 1 is 1.57 bits per heavy atom. The van der Waals surface area contributed by atoms with E-state index < -0.39 is 5.60 Å². The lowest BCUT2D eigenvalue weighted by atomic mass is 10.1. The number of thioether (sulfide) groups is 1. The minimum Gasteiger partial charge on any atom is -0.389 e. The van der Waals surface area contributed by atoms with Crippen LogP contribution in [0.25, 0.3) is 0 Å². The summed E-state index contributed by atoms with van der Waals surface area (Å²) in [5.74, 6) is 0.835. The summed E-state index contributed by atoms with van der Waals surface area (Å²) < 4.78 is 0. The van der Waals surface area contributed by atoms with Crippen molar-refractivity contribution in [2.24, 2.45) is 5.73 Å². The zero-order chi connectivity index (χ0) is 10.4. The summed E-state index contributed by atoms with van der Waals surface area (Å²) in [5, 5.41) is 10.6. The molecule has 1 heterocycles. The predicted molar refractivity (Wildman–Crippen MR) is 59.3 cm³/mol. The smallest absolute Gasteiger partial charge is 0.0959 e. The highest BCUT2D eigenvalue weighted by Gasteiger charge is 2.17. The van der Waals surface area contributed by atoms with Gasteiger partial charge in [-0.3, -0.25) is 0 Å². The highest BCUT2D eigenvalue weighted by Crippen LogP contribution is 2.18. The van der Waals surface area contributed by atoms with E-state index in [2.05, 4.69) is 4.98 Å². The van der Waals surface area contributed by atoms with Crippen molar-refractivity contribution in [3.63, 3.8) is 0 Å². The summed E-state index contributed by atoms with van der Waals surface area (Å²) in [6.45, 7) is 2.06. The number of nitrogens with two attached hydrogens (primary N) is 1. The number of nitrogens with zero attached hydrogens (tertiary/aromatic N) is 1. The molecule has 0 aliphatic heterocycles. The summed E-state index contributed by atoms with van der Waals surface area (Å²) in [6, 6.07) is 5.80. The largest absolute Gasteiger partial charge is 0.389 e. The van der Waals surface area contributed by atoms with E-state index >= 15 is 0 Å². The molecule has 1 atom stereocenters. The van der Waals surface area contributed by atoms with Gasteiger partial charge in [0.1, 0.15) is 0 Å². The van der Waals surface area contributed by atoms with Gasteiger partial charge < -0.3 is 10.8 Å². The second-order valence-corrected chi connectivity index (χ2v) is 4.58. The van der Waals surface area contributed by atoms with Crippen LogP contribution in [0.3, 0.4) is 0 Å². The molecule has 1 rings (SSSR count). The lowest BCUT2D eigenvalue weighted by molar-refractivity contribution is 0.0665. The molecule has 1 unspecified atom stereocenters. The van der Waals surface area contributed by atoms with Crippen molar-refractivity contribution in [1.29, 1.82) is 0 Å². The first-order valence-corrected chi connectivity index (χ1v) is 5.59. The van der Waals surface area contributed by atoms with E-state index in [0.717, 1.165) is 10.8 Å². The quantitative estimate of drug-likeness (QED) is 0.722. The normalized spacial score (nSPS) is 15.1. The van der Waals surface area contributed by atoms with Crippen molar-refractivity contribution < 1.29 is 5.11 Å². The first-order chi connectivity index (χ1) is 6.64. The molecule has 0 spiro atoms. The Kier molecular flexibility index (Phi) is 4.38. The molecule has 0 saturated heterocycles. The first kappa shape index (κ1) is 11.5. The van der Waals surface area contributed by atoms with Crippen molar-refractivity contribution in [2.75, 3.05) is 12.3 Å². The monoisotopic (exact) mass is 212 g/mol. The van der Waals surface area contributed by atoms with Crippen LogP contribution in [-0.4, -0.2) is 28.0 Å². The van der Waals surface area contributed by atoms with Crippen LogP contribution in [0.15, 0.2) is 29.4 Å². The summed E-state index contributed by atoms with van der Waals surface area (Å²) >= 11 is 1.64. The van der Waals surface area contributed by atoms with Gasteiger partial charge in [0.25, 0.3) is 0 Å². The first-order valence-electron chi connectivity index (χ1n) is 4.60. The van der Waals surface area contributed by atoms with E-state index in [9.17, 15) is 5.11 Å². The molecule has 0 aliphatic carbocycles. The van der Waals surface area contributed by atoms with Crippen LogP contribution in [0.2, 0.25) is 0 Å². The van der Waals surface area contributed by atoms with E-state index in [1.165, 1.54) is 0 Å². The van der Waals surface area contributed by atoms with Gasteiger partial charge in [0.05, 0.1) is 10.6 Å². The SMILES string of the molecule is CC(O)(CN)CCSc1ccccn1. The molecular weight excluding hydrogens is 196 g/mol. The third-order valence-electron chi connectivity index (χ3n) is 1.97. The summed E-state index contributed by atoms with van der Waals surface area (Å²) in [6.07, 6.45) is 2.45. The maximum Gasteiger partial charge on any atom is 0.0959 e. The van der Waals surface area contributed by atoms with Gasteiger partial charge in [-0.15, -0.1) is 11.8 Å². The fourth-order valence-electron chi connectivity index (χ4n) is 0.910. The number of rotatable bonds is 5. The van der Waals surface area contributed by atoms with Gasteiger partial charge in [0.15, 0.2) is 0 Å². The average molecular weight is 212 g/mol.